The molecule has 0 aliphatic carbocycles. The summed E-state index contributed by atoms with van der Waals surface area (Å²) in [6.07, 6.45) is -2.45. The maximum atomic E-state index is 13.0. The van der Waals surface area contributed by atoms with E-state index in [1.165, 1.54) is 12.1 Å². The smallest absolute Gasteiger partial charge is 0.327 e. The van der Waals surface area contributed by atoms with Gasteiger partial charge in [-0.05, 0) is 24.7 Å². The second-order valence-corrected chi connectivity index (χ2v) is 8.69. The first-order valence-electron chi connectivity index (χ1n) is 11.0. The van der Waals surface area contributed by atoms with Crippen molar-refractivity contribution < 1.29 is 13.2 Å². The molecule has 8 heteroatoms. The van der Waals surface area contributed by atoms with Crippen LogP contribution in [0.25, 0.3) is 28.2 Å². The van der Waals surface area contributed by atoms with Gasteiger partial charge in [-0.15, -0.1) is 0 Å². The van der Waals surface area contributed by atoms with Crippen LogP contribution in [-0.4, -0.2) is 57.2 Å². The molecule has 3 heterocycles. The molecular formula is C25H26F3N5. The molecule has 0 radical (unpaired) electrons. The number of hydrogen-bond donors (Lipinski definition) is 0. The van der Waals surface area contributed by atoms with Crippen LogP contribution in [0.2, 0.25) is 0 Å². The highest BCUT2D eigenvalue weighted by Gasteiger charge is 2.30. The first-order valence-corrected chi connectivity index (χ1v) is 11.0. The highest BCUT2D eigenvalue weighted by atomic mass is 19.4. The summed E-state index contributed by atoms with van der Waals surface area (Å²) in [7, 11) is 4.09. The fraction of sp³-hybridized carbons (Fsp3) is 0.320. The number of aryl methyl sites for hydroxylation is 1. The zero-order chi connectivity index (χ0) is 23.2. The number of aromatic nitrogens is 3. The van der Waals surface area contributed by atoms with Crippen molar-refractivity contribution in [2.45, 2.75) is 12.7 Å². The number of fused-ring (bicyclic) bond motifs is 1. The summed E-state index contributed by atoms with van der Waals surface area (Å²) in [5, 5.41) is 4.91. The number of hydrogen-bond acceptors (Lipinski definition) is 3. The van der Waals surface area contributed by atoms with Crippen molar-refractivity contribution in [2.75, 3.05) is 33.2 Å². The van der Waals surface area contributed by atoms with Crippen LogP contribution in [-0.2, 0) is 19.8 Å². The van der Waals surface area contributed by atoms with Gasteiger partial charge in [0.25, 0.3) is 0 Å². The van der Waals surface area contributed by atoms with Gasteiger partial charge in [0.1, 0.15) is 5.65 Å². The molecule has 5 nitrogen and oxygen atoms in total. The Bertz CT molecular complexity index is 1250. The molecule has 0 unspecified atom stereocenters. The van der Waals surface area contributed by atoms with Crippen molar-refractivity contribution in [2.24, 2.45) is 7.05 Å². The average Bonchev–Trinajstić information content (AvgIpc) is 3.32. The zero-order valence-corrected chi connectivity index (χ0v) is 18.7. The topological polar surface area (TPSA) is 28.7 Å². The number of piperazine rings is 1. The third-order valence-electron chi connectivity index (χ3n) is 6.44. The molecule has 172 valence electrons. The van der Waals surface area contributed by atoms with Crippen LogP contribution in [0.5, 0.6) is 0 Å². The van der Waals surface area contributed by atoms with Crippen LogP contribution in [0.4, 0.5) is 13.2 Å². The third kappa shape index (κ3) is 4.16. The molecule has 33 heavy (non-hydrogen) atoms. The molecule has 5 rings (SSSR count). The number of benzene rings is 2. The largest absolute Gasteiger partial charge is 0.416 e. The fourth-order valence-electron chi connectivity index (χ4n) is 4.52. The molecule has 0 atom stereocenters. The maximum Gasteiger partial charge on any atom is 0.416 e. The second kappa shape index (κ2) is 8.35. The van der Waals surface area contributed by atoms with Crippen LogP contribution in [0.15, 0.2) is 60.8 Å². The van der Waals surface area contributed by atoms with Gasteiger partial charge in [0.05, 0.1) is 23.1 Å². The summed E-state index contributed by atoms with van der Waals surface area (Å²) in [6, 6.07) is 15.4. The van der Waals surface area contributed by atoms with Gasteiger partial charge in [0, 0.05) is 50.9 Å². The van der Waals surface area contributed by atoms with Gasteiger partial charge in [0.15, 0.2) is 0 Å². The quantitative estimate of drug-likeness (QED) is 0.446. The Labute approximate surface area is 190 Å². The summed E-state index contributed by atoms with van der Waals surface area (Å²) in [6.45, 7) is 4.78. The van der Waals surface area contributed by atoms with E-state index >= 15 is 0 Å². The molecule has 1 fully saturated rings. The lowest BCUT2D eigenvalue weighted by molar-refractivity contribution is -0.137. The molecule has 0 amide bonds. The van der Waals surface area contributed by atoms with E-state index in [1.54, 1.807) is 0 Å². The van der Waals surface area contributed by atoms with Crippen molar-refractivity contribution in [1.82, 2.24) is 24.0 Å². The first kappa shape index (κ1) is 21.7. The van der Waals surface area contributed by atoms with E-state index in [9.17, 15) is 13.2 Å². The predicted octanol–water partition coefficient (Wildman–Crippen LogP) is 4.77. The summed E-state index contributed by atoms with van der Waals surface area (Å²) in [5.74, 6) is 0. The lowest BCUT2D eigenvalue weighted by Gasteiger charge is -2.32. The number of rotatable bonds is 4. The minimum absolute atomic E-state index is 0.646. The Morgan fingerprint density at radius 1 is 0.848 bits per heavy atom. The van der Waals surface area contributed by atoms with E-state index in [1.807, 2.05) is 40.5 Å². The summed E-state index contributed by atoms with van der Waals surface area (Å²) >= 11 is 0. The predicted molar refractivity (Wildman–Crippen MR) is 123 cm³/mol. The van der Waals surface area contributed by atoms with Crippen LogP contribution in [0, 0.1) is 0 Å². The SMILES string of the molecule is CN1CCN(Cc2c(-c3ccccc3)nn3cc(-c4ccc(C(F)(F)F)cc4)n(C)c23)CC1. The van der Waals surface area contributed by atoms with Crippen LogP contribution >= 0.6 is 0 Å². The van der Waals surface area contributed by atoms with Crippen molar-refractivity contribution in [1.29, 1.82) is 0 Å². The molecule has 1 saturated heterocycles. The molecule has 0 N–H and O–H groups in total. The first-order chi connectivity index (χ1) is 15.8. The Balaban J connectivity index is 1.58. The molecule has 0 saturated carbocycles. The molecule has 0 bridgehead atoms. The zero-order valence-electron chi connectivity index (χ0n) is 18.7. The number of imidazole rings is 1. The van der Waals surface area contributed by atoms with E-state index in [4.69, 9.17) is 5.10 Å². The lowest BCUT2D eigenvalue weighted by Crippen LogP contribution is -2.43. The molecule has 4 aromatic rings. The van der Waals surface area contributed by atoms with Gasteiger partial charge >= 0.3 is 6.18 Å². The molecular weight excluding hydrogens is 427 g/mol. The highest BCUT2D eigenvalue weighted by molar-refractivity contribution is 5.74. The molecule has 1 aliphatic heterocycles. The Morgan fingerprint density at radius 2 is 1.52 bits per heavy atom. The number of alkyl halides is 3. The van der Waals surface area contributed by atoms with Crippen LogP contribution in [0.3, 0.4) is 0 Å². The summed E-state index contributed by atoms with van der Waals surface area (Å²) in [5.41, 5.74) is 5.00. The number of likely N-dealkylation sites (N-methyl/N-ethyl adjacent to an activating group) is 1. The van der Waals surface area contributed by atoms with Crippen molar-refractivity contribution in [3.8, 4) is 22.5 Å². The summed E-state index contributed by atoms with van der Waals surface area (Å²) < 4.78 is 42.9. The monoisotopic (exact) mass is 453 g/mol. The fourth-order valence-corrected chi connectivity index (χ4v) is 4.52. The molecule has 1 aliphatic rings. The van der Waals surface area contributed by atoms with E-state index in [0.717, 1.165) is 78.6 Å². The lowest BCUT2D eigenvalue weighted by atomic mass is 10.1. The second-order valence-electron chi connectivity index (χ2n) is 8.69. The standard InChI is InChI=1S/C25H26F3N5/c1-30-12-14-32(15-13-30)16-21-23(19-6-4-3-5-7-19)29-33-17-22(31(2)24(21)33)18-8-10-20(11-9-18)25(26,27)28/h3-11,17H,12-16H2,1-2H3. The third-order valence-corrected chi connectivity index (χ3v) is 6.44. The van der Waals surface area contributed by atoms with Gasteiger partial charge in [0.2, 0.25) is 0 Å². The van der Waals surface area contributed by atoms with Crippen LogP contribution < -0.4 is 0 Å². The molecule has 2 aromatic carbocycles. The highest BCUT2D eigenvalue weighted by Crippen LogP contribution is 2.34. The van der Waals surface area contributed by atoms with Crippen molar-refractivity contribution in [3.05, 3.63) is 71.9 Å². The van der Waals surface area contributed by atoms with Crippen LogP contribution in [0.1, 0.15) is 11.1 Å². The minimum Gasteiger partial charge on any atom is -0.327 e. The van der Waals surface area contributed by atoms with Crippen molar-refractivity contribution in [3.63, 3.8) is 0 Å². The van der Waals surface area contributed by atoms with Gasteiger partial charge in [-0.3, -0.25) is 4.90 Å². The molecule has 2 aromatic heterocycles. The van der Waals surface area contributed by atoms with E-state index in [0.29, 0.717) is 0 Å². The number of halogens is 3. The van der Waals surface area contributed by atoms with E-state index < -0.39 is 11.7 Å². The minimum atomic E-state index is -4.35. The van der Waals surface area contributed by atoms with Crippen molar-refractivity contribution >= 4 is 5.65 Å². The Morgan fingerprint density at radius 3 is 2.15 bits per heavy atom. The number of nitrogens with zero attached hydrogens (tertiary/aromatic N) is 5. The van der Waals surface area contributed by atoms with E-state index in [-0.39, 0.29) is 0 Å². The Kier molecular flexibility index (Phi) is 5.50. The maximum absolute atomic E-state index is 13.0. The average molecular weight is 454 g/mol. The normalized spacial score (nSPS) is 16.0. The van der Waals surface area contributed by atoms with Gasteiger partial charge in [-0.25, -0.2) is 4.52 Å². The summed E-state index contributed by atoms with van der Waals surface area (Å²) in [4.78, 5) is 4.77. The Hall–Kier alpha value is -3.10. The molecule has 0 spiro atoms. The van der Waals surface area contributed by atoms with Gasteiger partial charge < -0.3 is 9.47 Å². The van der Waals surface area contributed by atoms with E-state index in [2.05, 4.69) is 29.0 Å². The van der Waals surface area contributed by atoms with Gasteiger partial charge in [-0.1, -0.05) is 42.5 Å². The van der Waals surface area contributed by atoms with Gasteiger partial charge in [-0.2, -0.15) is 18.3 Å².